The predicted molar refractivity (Wildman–Crippen MR) is 79.9 cm³/mol. The maximum Gasteiger partial charge on any atom is 0.306 e. The van der Waals surface area contributed by atoms with E-state index in [1.54, 1.807) is 23.1 Å². The van der Waals surface area contributed by atoms with Crippen molar-refractivity contribution in [3.8, 4) is 11.5 Å². The molecule has 0 spiro atoms. The van der Waals surface area contributed by atoms with Crippen molar-refractivity contribution in [3.05, 3.63) is 23.8 Å². The van der Waals surface area contributed by atoms with Gasteiger partial charge < -0.3 is 24.2 Å². The van der Waals surface area contributed by atoms with Crippen LogP contribution in [0, 0.1) is 0 Å². The molecule has 3 rings (SSSR count). The summed E-state index contributed by atoms with van der Waals surface area (Å²) in [6, 6.07) is 5.13. The van der Waals surface area contributed by atoms with Gasteiger partial charge >= 0.3 is 5.97 Å². The van der Waals surface area contributed by atoms with E-state index < -0.39 is 12.1 Å². The molecule has 0 aromatic heterocycles. The monoisotopic (exact) mass is 321 g/mol. The Labute approximate surface area is 133 Å². The lowest BCUT2D eigenvalue weighted by atomic mass is 10.1. The van der Waals surface area contributed by atoms with Crippen molar-refractivity contribution < 1.29 is 28.9 Å². The molecule has 1 N–H and O–H groups in total. The molecule has 1 saturated heterocycles. The molecule has 0 saturated carbocycles. The van der Waals surface area contributed by atoms with Gasteiger partial charge in [0.2, 0.25) is 0 Å². The average Bonchev–Trinajstić information content (AvgIpc) is 2.78. The summed E-state index contributed by atoms with van der Waals surface area (Å²) >= 11 is 0. The van der Waals surface area contributed by atoms with E-state index in [0.29, 0.717) is 43.4 Å². The lowest BCUT2D eigenvalue weighted by Crippen LogP contribution is -2.46. The van der Waals surface area contributed by atoms with Crippen molar-refractivity contribution in [2.45, 2.75) is 18.9 Å². The number of carbonyl (C=O) groups excluding carboxylic acids is 1. The smallest absolute Gasteiger partial charge is 0.306 e. The van der Waals surface area contributed by atoms with Gasteiger partial charge in [0.05, 0.1) is 32.3 Å². The summed E-state index contributed by atoms with van der Waals surface area (Å²) in [5.41, 5.74) is 0.505. The van der Waals surface area contributed by atoms with E-state index in [-0.39, 0.29) is 18.9 Å². The summed E-state index contributed by atoms with van der Waals surface area (Å²) in [6.45, 7) is 2.22. The first-order valence-electron chi connectivity index (χ1n) is 7.66. The summed E-state index contributed by atoms with van der Waals surface area (Å²) < 4.78 is 16.5. The Balaban J connectivity index is 1.72. The molecule has 1 aromatic carbocycles. The van der Waals surface area contributed by atoms with Crippen LogP contribution in [-0.2, 0) is 9.53 Å². The van der Waals surface area contributed by atoms with Gasteiger partial charge in [-0.15, -0.1) is 0 Å². The third-order valence-electron chi connectivity index (χ3n) is 3.82. The number of carboxylic acid groups (broad SMARTS) is 1. The molecule has 23 heavy (non-hydrogen) atoms. The number of carboxylic acids is 1. The number of ether oxygens (including phenoxy) is 3. The minimum absolute atomic E-state index is 0.106. The van der Waals surface area contributed by atoms with Crippen LogP contribution < -0.4 is 9.47 Å². The number of hydrogen-bond acceptors (Lipinski definition) is 5. The second kappa shape index (κ2) is 6.87. The molecule has 1 amide bonds. The van der Waals surface area contributed by atoms with E-state index in [4.69, 9.17) is 19.3 Å². The zero-order valence-electron chi connectivity index (χ0n) is 12.7. The van der Waals surface area contributed by atoms with Gasteiger partial charge in [-0.05, 0) is 18.2 Å². The predicted octanol–water partition coefficient (Wildman–Crippen LogP) is 1.16. The van der Waals surface area contributed by atoms with Gasteiger partial charge in [-0.25, -0.2) is 0 Å². The molecule has 0 bridgehead atoms. The van der Waals surface area contributed by atoms with Gasteiger partial charge in [0.15, 0.2) is 11.5 Å². The molecule has 2 aliphatic rings. The molecular weight excluding hydrogens is 302 g/mol. The Hall–Kier alpha value is -2.28. The summed E-state index contributed by atoms with van der Waals surface area (Å²) in [5.74, 6) is 0.132. The van der Waals surface area contributed by atoms with Crippen molar-refractivity contribution in [1.82, 2.24) is 4.90 Å². The summed E-state index contributed by atoms with van der Waals surface area (Å²) in [7, 11) is 0. The van der Waals surface area contributed by atoms with Crippen LogP contribution in [0.1, 0.15) is 23.2 Å². The van der Waals surface area contributed by atoms with E-state index in [2.05, 4.69) is 0 Å². The van der Waals surface area contributed by atoms with Crippen molar-refractivity contribution >= 4 is 11.9 Å². The van der Waals surface area contributed by atoms with Crippen LogP contribution in [0.2, 0.25) is 0 Å². The van der Waals surface area contributed by atoms with E-state index in [1.165, 1.54) is 0 Å². The number of nitrogens with zero attached hydrogens (tertiary/aromatic N) is 1. The van der Waals surface area contributed by atoms with Crippen molar-refractivity contribution in [2.24, 2.45) is 0 Å². The summed E-state index contributed by atoms with van der Waals surface area (Å²) in [5, 5.41) is 8.85. The van der Waals surface area contributed by atoms with Crippen LogP contribution in [0.25, 0.3) is 0 Å². The molecule has 0 unspecified atom stereocenters. The quantitative estimate of drug-likeness (QED) is 0.899. The summed E-state index contributed by atoms with van der Waals surface area (Å²) in [6.07, 6.45) is 0.231. The Morgan fingerprint density at radius 1 is 1.17 bits per heavy atom. The molecule has 7 nitrogen and oxygen atoms in total. The highest BCUT2D eigenvalue weighted by Crippen LogP contribution is 2.31. The molecule has 0 radical (unpaired) electrons. The summed E-state index contributed by atoms with van der Waals surface area (Å²) in [4.78, 5) is 25.0. The van der Waals surface area contributed by atoms with Gasteiger partial charge in [-0.3, -0.25) is 9.59 Å². The number of benzene rings is 1. The van der Waals surface area contributed by atoms with Crippen LogP contribution in [0.5, 0.6) is 11.5 Å². The van der Waals surface area contributed by atoms with Crippen molar-refractivity contribution in [3.63, 3.8) is 0 Å². The van der Waals surface area contributed by atoms with Crippen molar-refractivity contribution in [1.29, 1.82) is 0 Å². The topological polar surface area (TPSA) is 85.3 Å². The van der Waals surface area contributed by atoms with Crippen LogP contribution in [0.15, 0.2) is 18.2 Å². The first-order valence-corrected chi connectivity index (χ1v) is 7.66. The van der Waals surface area contributed by atoms with Gasteiger partial charge in [-0.1, -0.05) is 0 Å². The molecular formula is C16H19NO6. The number of rotatable bonds is 3. The van der Waals surface area contributed by atoms with Gasteiger partial charge in [0.1, 0.15) is 0 Å². The van der Waals surface area contributed by atoms with E-state index in [1.807, 2.05) is 0 Å². The second-order valence-electron chi connectivity index (χ2n) is 5.55. The zero-order valence-corrected chi connectivity index (χ0v) is 12.7. The Morgan fingerprint density at radius 2 is 1.96 bits per heavy atom. The maximum absolute atomic E-state index is 12.6. The number of amides is 1. The van der Waals surface area contributed by atoms with Crippen LogP contribution >= 0.6 is 0 Å². The third kappa shape index (κ3) is 3.73. The standard InChI is InChI=1S/C16H19NO6/c18-15(19)9-12-10-17(4-7-21-12)16(20)11-2-3-13-14(8-11)23-6-1-5-22-13/h2-3,8,12H,1,4-7,9-10H2,(H,18,19)/t12-/m0/s1. The normalized spacial score (nSPS) is 20.7. The number of fused-ring (bicyclic) bond motifs is 1. The van der Waals surface area contributed by atoms with Gasteiger partial charge in [0.25, 0.3) is 5.91 Å². The highest BCUT2D eigenvalue weighted by Gasteiger charge is 2.27. The Bertz CT molecular complexity index is 602. The average molecular weight is 321 g/mol. The van der Waals surface area contributed by atoms with E-state index in [0.717, 1.165) is 6.42 Å². The zero-order chi connectivity index (χ0) is 16.2. The van der Waals surface area contributed by atoms with E-state index >= 15 is 0 Å². The van der Waals surface area contributed by atoms with Crippen LogP contribution in [-0.4, -0.2) is 60.9 Å². The molecule has 1 atom stereocenters. The third-order valence-corrected chi connectivity index (χ3v) is 3.82. The lowest BCUT2D eigenvalue weighted by Gasteiger charge is -2.32. The SMILES string of the molecule is O=C(O)C[C@H]1CN(C(=O)c2ccc3c(c2)OCCCO3)CCO1. The van der Waals surface area contributed by atoms with Crippen molar-refractivity contribution in [2.75, 3.05) is 32.9 Å². The fourth-order valence-corrected chi connectivity index (χ4v) is 2.70. The largest absolute Gasteiger partial charge is 0.490 e. The highest BCUT2D eigenvalue weighted by molar-refractivity contribution is 5.95. The molecule has 1 aromatic rings. The highest BCUT2D eigenvalue weighted by atomic mass is 16.5. The maximum atomic E-state index is 12.6. The first kappa shape index (κ1) is 15.6. The number of morpholine rings is 1. The van der Waals surface area contributed by atoms with E-state index in [9.17, 15) is 9.59 Å². The minimum atomic E-state index is -0.931. The van der Waals surface area contributed by atoms with Crippen LogP contribution in [0.3, 0.4) is 0 Å². The van der Waals surface area contributed by atoms with Gasteiger partial charge in [0, 0.05) is 25.1 Å². The first-order chi connectivity index (χ1) is 11.1. The minimum Gasteiger partial charge on any atom is -0.490 e. The fraction of sp³-hybridized carbons (Fsp3) is 0.500. The number of aliphatic carboxylic acids is 1. The lowest BCUT2D eigenvalue weighted by molar-refractivity contribution is -0.141. The fourth-order valence-electron chi connectivity index (χ4n) is 2.70. The number of hydrogen-bond donors (Lipinski definition) is 1. The molecule has 2 aliphatic heterocycles. The van der Waals surface area contributed by atoms with Crippen LogP contribution in [0.4, 0.5) is 0 Å². The number of carbonyl (C=O) groups is 2. The Morgan fingerprint density at radius 3 is 2.74 bits per heavy atom. The van der Waals surface area contributed by atoms with Gasteiger partial charge in [-0.2, -0.15) is 0 Å². The second-order valence-corrected chi connectivity index (χ2v) is 5.55. The molecule has 7 heteroatoms. The molecule has 0 aliphatic carbocycles. The molecule has 124 valence electrons. The molecule has 1 fully saturated rings. The molecule has 2 heterocycles. The Kier molecular flexibility index (Phi) is 4.66.